The number of carbonyl (C=O) groups excluding carboxylic acids is 1. The molecule has 0 aliphatic heterocycles. The number of rotatable bonds is 5. The number of alkyl halides is 3. The maximum Gasteiger partial charge on any atom is 0.496 e. The van der Waals surface area contributed by atoms with Gasteiger partial charge >= 0.3 is 11.5 Å². The summed E-state index contributed by atoms with van der Waals surface area (Å²) in [6, 6.07) is -0.945. The molecular weight excluding hydrogens is 331 g/mol. The van der Waals surface area contributed by atoms with Gasteiger partial charge in [-0.3, -0.25) is 9.26 Å². The zero-order chi connectivity index (χ0) is 16.8. The molecule has 4 saturated carbocycles. The van der Waals surface area contributed by atoms with Crippen LogP contribution in [0.15, 0.2) is 0 Å². The topological polar surface area (TPSA) is 53.8 Å². The number of carbonyl (C=O) groups is 1. The van der Waals surface area contributed by atoms with Gasteiger partial charge in [0.1, 0.15) is 12.6 Å². The molecule has 0 heterocycles. The van der Waals surface area contributed by atoms with Crippen molar-refractivity contribution in [1.82, 2.24) is 0 Å². The number of hydrogen-bond donors (Lipinski definition) is 1. The van der Waals surface area contributed by atoms with E-state index >= 15 is 0 Å². The van der Waals surface area contributed by atoms with Crippen LogP contribution in [0.5, 0.6) is 0 Å². The fourth-order valence-corrected chi connectivity index (χ4v) is 5.49. The molecule has 0 aromatic heterocycles. The number of hydroxylamine groups is 1. The maximum absolute atomic E-state index is 12.5. The van der Waals surface area contributed by atoms with E-state index in [9.17, 15) is 23.2 Å². The van der Waals surface area contributed by atoms with Crippen LogP contribution in [0.25, 0.3) is 0 Å². The van der Waals surface area contributed by atoms with E-state index in [0.29, 0.717) is 17.8 Å². The van der Waals surface area contributed by atoms with Gasteiger partial charge in [0, 0.05) is 0 Å². The second kappa shape index (κ2) is 6.11. The van der Waals surface area contributed by atoms with Gasteiger partial charge in [0.05, 0.1) is 5.41 Å². The fraction of sp³-hybridized carbons (Fsp3) is 0.933. The number of ether oxygens (including phenoxy) is 1. The molecule has 2 atom stereocenters. The normalized spacial score (nSPS) is 38.4. The minimum atomic E-state index is -4.59. The summed E-state index contributed by atoms with van der Waals surface area (Å²) < 4.78 is 40.9. The highest BCUT2D eigenvalue weighted by Crippen LogP contribution is 2.60. The van der Waals surface area contributed by atoms with Crippen molar-refractivity contribution in [2.24, 2.45) is 23.2 Å². The molecule has 23 heavy (non-hydrogen) atoms. The Bertz CT molecular complexity index is 436. The van der Waals surface area contributed by atoms with Crippen LogP contribution in [-0.4, -0.2) is 24.1 Å². The summed E-state index contributed by atoms with van der Waals surface area (Å²) in [5.74, 6) is 1.48. The molecule has 132 valence electrons. The molecule has 4 bridgehead atoms. The Morgan fingerprint density at radius 3 is 2.17 bits per heavy atom. The molecule has 1 N–H and O–H groups in total. The molecule has 0 radical (unpaired) electrons. The molecule has 0 saturated heterocycles. The third-order valence-corrected chi connectivity index (χ3v) is 6.39. The predicted octanol–water partition coefficient (Wildman–Crippen LogP) is 2.69. The quantitative estimate of drug-likeness (QED) is 0.469. The largest absolute Gasteiger partial charge is 0.621 e. The van der Waals surface area contributed by atoms with Crippen molar-refractivity contribution in [2.75, 3.05) is 6.61 Å². The van der Waals surface area contributed by atoms with E-state index in [1.165, 1.54) is 26.2 Å². The SMILES string of the molecule is CC(COC(=O)C12CC3CC(CC(C3)C1)C2)[NH+]([O-])SC(F)(F)F. The molecule has 4 aliphatic carbocycles. The van der Waals surface area contributed by atoms with Gasteiger partial charge in [-0.15, -0.1) is 0 Å². The summed E-state index contributed by atoms with van der Waals surface area (Å²) in [5, 5.41) is 11.5. The minimum Gasteiger partial charge on any atom is -0.621 e. The van der Waals surface area contributed by atoms with Crippen molar-refractivity contribution in [2.45, 2.75) is 57.0 Å². The van der Waals surface area contributed by atoms with Gasteiger partial charge in [-0.2, -0.15) is 13.2 Å². The van der Waals surface area contributed by atoms with Gasteiger partial charge in [0.15, 0.2) is 11.9 Å². The molecule has 0 amide bonds. The van der Waals surface area contributed by atoms with E-state index in [0.717, 1.165) is 19.3 Å². The van der Waals surface area contributed by atoms with E-state index in [2.05, 4.69) is 0 Å². The highest BCUT2D eigenvalue weighted by atomic mass is 32.2. The monoisotopic (exact) mass is 353 g/mol. The van der Waals surface area contributed by atoms with Crippen molar-refractivity contribution < 1.29 is 27.2 Å². The Hall–Kier alpha value is -0.470. The summed E-state index contributed by atoms with van der Waals surface area (Å²) in [7, 11) is 0. The first kappa shape index (κ1) is 17.4. The van der Waals surface area contributed by atoms with Gasteiger partial charge in [-0.1, -0.05) is 0 Å². The number of quaternary nitrogens is 1. The number of esters is 1. The minimum absolute atomic E-state index is 0.261. The third-order valence-electron chi connectivity index (χ3n) is 5.55. The molecule has 4 fully saturated rings. The summed E-state index contributed by atoms with van der Waals surface area (Å²) in [5.41, 5.74) is -5.02. The second-order valence-corrected chi connectivity index (χ2v) is 8.63. The van der Waals surface area contributed by atoms with Crippen LogP contribution < -0.4 is 4.47 Å². The second-order valence-electron chi connectivity index (χ2n) is 7.56. The Morgan fingerprint density at radius 1 is 1.26 bits per heavy atom. The van der Waals surface area contributed by atoms with Gasteiger partial charge in [0.25, 0.3) is 0 Å². The molecule has 4 rings (SSSR count). The molecule has 0 aromatic rings. The summed E-state index contributed by atoms with van der Waals surface area (Å²) >= 11 is -0.654. The molecule has 0 spiro atoms. The lowest BCUT2D eigenvalue weighted by Gasteiger charge is -2.55. The Labute approximate surface area is 137 Å². The molecule has 4 nitrogen and oxygen atoms in total. The Morgan fingerprint density at radius 2 is 1.74 bits per heavy atom. The van der Waals surface area contributed by atoms with Crippen LogP contribution in [0.1, 0.15) is 45.4 Å². The van der Waals surface area contributed by atoms with Crippen molar-refractivity contribution in [3.63, 3.8) is 0 Å². The molecular formula is C15H22F3NO3S. The standard InChI is InChI=1S/C15H22F3NO3S/c1-9(19(21)23-15(16,17)18)8-22-13(20)14-5-10-2-11(6-14)4-12(3-10)7-14/h9-12,19H,2-8H2,1H3. The average Bonchev–Trinajstić information content (AvgIpc) is 2.40. The van der Waals surface area contributed by atoms with Crippen molar-refractivity contribution in [1.29, 1.82) is 0 Å². The highest BCUT2D eigenvalue weighted by Gasteiger charge is 2.55. The van der Waals surface area contributed by atoms with Crippen molar-refractivity contribution in [3.8, 4) is 0 Å². The average molecular weight is 353 g/mol. The van der Waals surface area contributed by atoms with Gasteiger partial charge in [-0.25, -0.2) is 0 Å². The first-order valence-electron chi connectivity index (χ1n) is 8.14. The maximum atomic E-state index is 12.5. The van der Waals surface area contributed by atoms with E-state index in [4.69, 9.17) is 4.74 Å². The number of hydrogen-bond acceptors (Lipinski definition) is 4. The number of nitrogens with one attached hydrogen (secondary N) is 1. The predicted molar refractivity (Wildman–Crippen MR) is 79.0 cm³/mol. The third kappa shape index (κ3) is 3.79. The summed E-state index contributed by atoms with van der Waals surface area (Å²) in [6.07, 6.45) is 6.13. The van der Waals surface area contributed by atoms with E-state index < -0.39 is 33.4 Å². The summed E-state index contributed by atoms with van der Waals surface area (Å²) in [4.78, 5) is 12.5. The van der Waals surface area contributed by atoms with E-state index in [1.54, 1.807) is 0 Å². The van der Waals surface area contributed by atoms with Crippen LogP contribution >= 0.6 is 11.9 Å². The molecule has 2 unspecified atom stereocenters. The molecule has 8 heteroatoms. The smallest absolute Gasteiger partial charge is 0.496 e. The molecule has 0 aromatic carbocycles. The van der Waals surface area contributed by atoms with Gasteiger partial charge < -0.3 is 9.94 Å². The first-order valence-corrected chi connectivity index (χ1v) is 8.95. The lowest BCUT2D eigenvalue weighted by molar-refractivity contribution is -0.729. The van der Waals surface area contributed by atoms with Gasteiger partial charge in [0.2, 0.25) is 0 Å². The van der Waals surface area contributed by atoms with Crippen LogP contribution in [0.3, 0.4) is 0 Å². The Balaban J connectivity index is 1.53. The first-order chi connectivity index (χ1) is 10.7. The van der Waals surface area contributed by atoms with Crippen LogP contribution in [-0.2, 0) is 9.53 Å². The van der Waals surface area contributed by atoms with Crippen LogP contribution in [0.2, 0.25) is 0 Å². The summed E-state index contributed by atoms with van der Waals surface area (Å²) in [6.45, 7) is 1.11. The molecule has 4 aliphatic rings. The fourth-order valence-electron chi connectivity index (χ4n) is 5.00. The van der Waals surface area contributed by atoms with Crippen LogP contribution in [0.4, 0.5) is 13.2 Å². The van der Waals surface area contributed by atoms with E-state index in [1.807, 2.05) is 0 Å². The zero-order valence-electron chi connectivity index (χ0n) is 13.0. The Kier molecular flexibility index (Phi) is 4.61. The zero-order valence-corrected chi connectivity index (χ0v) is 13.8. The van der Waals surface area contributed by atoms with Crippen LogP contribution in [0, 0.1) is 28.4 Å². The van der Waals surface area contributed by atoms with E-state index in [-0.39, 0.29) is 12.6 Å². The number of halogens is 3. The lowest BCUT2D eigenvalue weighted by atomic mass is 9.49. The highest BCUT2D eigenvalue weighted by molar-refractivity contribution is 7.93. The van der Waals surface area contributed by atoms with Gasteiger partial charge in [-0.05, 0) is 63.2 Å². The van der Waals surface area contributed by atoms with Crippen molar-refractivity contribution >= 4 is 17.9 Å². The lowest BCUT2D eigenvalue weighted by Crippen LogP contribution is -3.05. The van der Waals surface area contributed by atoms with Crippen molar-refractivity contribution in [3.05, 3.63) is 5.21 Å².